The lowest BCUT2D eigenvalue weighted by molar-refractivity contribution is 0.102. The molecule has 3 rings (SSSR count). The fraction of sp³-hybridized carbons (Fsp3) is 0.133. The van der Waals surface area contributed by atoms with Crippen LogP contribution in [-0.4, -0.2) is 12.7 Å². The maximum Gasteiger partial charge on any atom is 0.255 e. The summed E-state index contributed by atoms with van der Waals surface area (Å²) in [7, 11) is 0. The molecule has 1 heterocycles. The van der Waals surface area contributed by atoms with E-state index >= 15 is 0 Å². The molecule has 0 saturated heterocycles. The summed E-state index contributed by atoms with van der Waals surface area (Å²) in [4.78, 5) is 12.1. The first-order valence-corrected chi connectivity index (χ1v) is 6.10. The molecule has 0 spiro atoms. The Morgan fingerprint density at radius 2 is 1.95 bits per heavy atom. The smallest absolute Gasteiger partial charge is 0.255 e. The SMILES string of the molecule is Cc1cc(NC(=O)c2ccc3c(c2)OCO3)ccc1F. The van der Waals surface area contributed by atoms with E-state index in [-0.39, 0.29) is 18.5 Å². The summed E-state index contributed by atoms with van der Waals surface area (Å²) in [5.41, 5.74) is 1.48. The van der Waals surface area contributed by atoms with E-state index in [0.717, 1.165) is 0 Å². The standard InChI is InChI=1S/C15H12FNO3/c1-9-6-11(3-4-12(9)16)17-15(18)10-2-5-13-14(7-10)20-8-19-13/h2-7H,8H2,1H3,(H,17,18). The predicted octanol–water partition coefficient (Wildman–Crippen LogP) is 3.12. The number of benzene rings is 2. The number of hydrogen-bond acceptors (Lipinski definition) is 3. The van der Waals surface area contributed by atoms with Crippen molar-refractivity contribution < 1.29 is 18.7 Å². The van der Waals surface area contributed by atoms with Crippen molar-refractivity contribution in [2.45, 2.75) is 6.92 Å². The highest BCUT2D eigenvalue weighted by Gasteiger charge is 2.16. The third-order valence-corrected chi connectivity index (χ3v) is 3.05. The summed E-state index contributed by atoms with van der Waals surface area (Å²) in [6.45, 7) is 1.81. The van der Waals surface area contributed by atoms with Gasteiger partial charge in [-0.15, -0.1) is 0 Å². The van der Waals surface area contributed by atoms with Crippen molar-refractivity contribution in [2.24, 2.45) is 0 Å². The number of hydrogen-bond donors (Lipinski definition) is 1. The number of rotatable bonds is 2. The van der Waals surface area contributed by atoms with Crippen molar-refractivity contribution in [1.82, 2.24) is 0 Å². The molecule has 0 unspecified atom stereocenters. The summed E-state index contributed by atoms with van der Waals surface area (Å²) >= 11 is 0. The Balaban J connectivity index is 1.80. The van der Waals surface area contributed by atoms with Crippen LogP contribution in [0.2, 0.25) is 0 Å². The Morgan fingerprint density at radius 3 is 2.75 bits per heavy atom. The molecule has 20 heavy (non-hydrogen) atoms. The Hall–Kier alpha value is -2.56. The van der Waals surface area contributed by atoms with Gasteiger partial charge < -0.3 is 14.8 Å². The van der Waals surface area contributed by atoms with E-state index in [0.29, 0.717) is 28.3 Å². The van der Waals surface area contributed by atoms with Gasteiger partial charge in [0.25, 0.3) is 5.91 Å². The molecule has 2 aromatic carbocycles. The first-order valence-electron chi connectivity index (χ1n) is 6.10. The molecule has 1 aliphatic rings. The lowest BCUT2D eigenvalue weighted by atomic mass is 10.1. The molecule has 0 radical (unpaired) electrons. The van der Waals surface area contributed by atoms with Crippen molar-refractivity contribution in [1.29, 1.82) is 0 Å². The minimum Gasteiger partial charge on any atom is -0.454 e. The van der Waals surface area contributed by atoms with Crippen LogP contribution in [0.15, 0.2) is 36.4 Å². The number of aryl methyl sites for hydroxylation is 1. The van der Waals surface area contributed by atoms with Gasteiger partial charge in [-0.05, 0) is 48.9 Å². The molecule has 5 heteroatoms. The number of carbonyl (C=O) groups is 1. The summed E-state index contributed by atoms with van der Waals surface area (Å²) < 4.78 is 23.6. The van der Waals surface area contributed by atoms with E-state index in [1.165, 1.54) is 12.1 Å². The average molecular weight is 273 g/mol. The zero-order valence-electron chi connectivity index (χ0n) is 10.8. The van der Waals surface area contributed by atoms with E-state index in [1.54, 1.807) is 31.2 Å². The van der Waals surface area contributed by atoms with Crippen LogP contribution in [0.1, 0.15) is 15.9 Å². The predicted molar refractivity (Wildman–Crippen MR) is 71.7 cm³/mol. The van der Waals surface area contributed by atoms with Gasteiger partial charge in [0, 0.05) is 11.3 Å². The number of anilines is 1. The van der Waals surface area contributed by atoms with Crippen molar-refractivity contribution in [3.63, 3.8) is 0 Å². The van der Waals surface area contributed by atoms with Crippen LogP contribution in [0.3, 0.4) is 0 Å². The average Bonchev–Trinajstić information content (AvgIpc) is 2.90. The molecule has 0 atom stereocenters. The number of halogens is 1. The fourth-order valence-electron chi connectivity index (χ4n) is 1.96. The molecule has 1 N–H and O–H groups in total. The van der Waals surface area contributed by atoms with Gasteiger partial charge in [0.05, 0.1) is 0 Å². The highest BCUT2D eigenvalue weighted by molar-refractivity contribution is 6.04. The summed E-state index contributed by atoms with van der Waals surface area (Å²) in [5, 5.41) is 2.72. The second kappa shape index (κ2) is 4.85. The van der Waals surface area contributed by atoms with Crippen LogP contribution in [0.4, 0.5) is 10.1 Å². The maximum absolute atomic E-state index is 13.2. The van der Waals surface area contributed by atoms with Gasteiger partial charge >= 0.3 is 0 Å². The quantitative estimate of drug-likeness (QED) is 0.914. The molecule has 2 aromatic rings. The summed E-state index contributed by atoms with van der Waals surface area (Å²) in [5.74, 6) is 0.590. The van der Waals surface area contributed by atoms with Crippen LogP contribution >= 0.6 is 0 Å². The van der Waals surface area contributed by atoms with Gasteiger partial charge in [-0.1, -0.05) is 0 Å². The van der Waals surface area contributed by atoms with E-state index in [2.05, 4.69) is 5.32 Å². The molecule has 0 fully saturated rings. The van der Waals surface area contributed by atoms with Crippen molar-refractivity contribution >= 4 is 11.6 Å². The van der Waals surface area contributed by atoms with Crippen LogP contribution in [0, 0.1) is 12.7 Å². The minimum absolute atomic E-state index is 0.164. The second-order valence-corrected chi connectivity index (χ2v) is 4.49. The lowest BCUT2D eigenvalue weighted by Crippen LogP contribution is -2.12. The van der Waals surface area contributed by atoms with Crippen molar-refractivity contribution in [2.75, 3.05) is 12.1 Å². The van der Waals surface area contributed by atoms with Crippen molar-refractivity contribution in [3.05, 3.63) is 53.3 Å². The largest absolute Gasteiger partial charge is 0.454 e. The van der Waals surface area contributed by atoms with E-state index in [4.69, 9.17) is 9.47 Å². The zero-order chi connectivity index (χ0) is 14.1. The van der Waals surface area contributed by atoms with Gasteiger partial charge in [0.15, 0.2) is 11.5 Å². The molecule has 1 aliphatic heterocycles. The molecule has 4 nitrogen and oxygen atoms in total. The molecular weight excluding hydrogens is 261 g/mol. The highest BCUT2D eigenvalue weighted by Crippen LogP contribution is 2.32. The monoisotopic (exact) mass is 273 g/mol. The van der Waals surface area contributed by atoms with Crippen LogP contribution in [0.25, 0.3) is 0 Å². The zero-order valence-corrected chi connectivity index (χ0v) is 10.8. The Kier molecular flexibility index (Phi) is 3.02. The van der Waals surface area contributed by atoms with E-state index < -0.39 is 0 Å². The highest BCUT2D eigenvalue weighted by atomic mass is 19.1. The Bertz CT molecular complexity index is 685. The third-order valence-electron chi connectivity index (χ3n) is 3.05. The van der Waals surface area contributed by atoms with Crippen molar-refractivity contribution in [3.8, 4) is 11.5 Å². The second-order valence-electron chi connectivity index (χ2n) is 4.49. The minimum atomic E-state index is -0.300. The number of fused-ring (bicyclic) bond motifs is 1. The normalized spacial score (nSPS) is 12.3. The number of amides is 1. The lowest BCUT2D eigenvalue weighted by Gasteiger charge is -2.07. The van der Waals surface area contributed by atoms with Gasteiger partial charge in [0.2, 0.25) is 6.79 Å². The number of nitrogens with one attached hydrogen (secondary N) is 1. The molecule has 0 bridgehead atoms. The van der Waals surface area contributed by atoms with Gasteiger partial charge in [-0.25, -0.2) is 4.39 Å². The molecule has 0 aliphatic carbocycles. The molecule has 0 saturated carbocycles. The first-order chi connectivity index (χ1) is 9.63. The van der Waals surface area contributed by atoms with Gasteiger partial charge in [-0.3, -0.25) is 4.79 Å². The Morgan fingerprint density at radius 1 is 1.15 bits per heavy atom. The molecule has 102 valence electrons. The van der Waals surface area contributed by atoms with E-state index in [9.17, 15) is 9.18 Å². The number of ether oxygens (including phenoxy) is 2. The van der Waals surface area contributed by atoms with Crippen LogP contribution < -0.4 is 14.8 Å². The maximum atomic E-state index is 13.2. The molecule has 0 aromatic heterocycles. The first kappa shape index (κ1) is 12.5. The van der Waals surface area contributed by atoms with Gasteiger partial charge in [0.1, 0.15) is 5.82 Å². The van der Waals surface area contributed by atoms with Gasteiger partial charge in [-0.2, -0.15) is 0 Å². The topological polar surface area (TPSA) is 47.6 Å². The van der Waals surface area contributed by atoms with Crippen LogP contribution in [0.5, 0.6) is 11.5 Å². The summed E-state index contributed by atoms with van der Waals surface area (Å²) in [6, 6.07) is 9.39. The van der Waals surface area contributed by atoms with E-state index in [1.807, 2.05) is 0 Å². The summed E-state index contributed by atoms with van der Waals surface area (Å²) in [6.07, 6.45) is 0. The Labute approximate surface area is 115 Å². The number of carbonyl (C=O) groups excluding carboxylic acids is 1. The third kappa shape index (κ3) is 2.30. The van der Waals surface area contributed by atoms with Crippen LogP contribution in [-0.2, 0) is 0 Å². The molecule has 1 amide bonds. The fourth-order valence-corrected chi connectivity index (χ4v) is 1.96. The molecular formula is C15H12FNO3.